The summed E-state index contributed by atoms with van der Waals surface area (Å²) in [5, 5.41) is 0. The van der Waals surface area contributed by atoms with E-state index < -0.39 is 17.2 Å². The molecule has 0 N–H and O–H groups in total. The van der Waals surface area contributed by atoms with Gasteiger partial charge in [0.05, 0.1) is 18.8 Å². The van der Waals surface area contributed by atoms with Crippen LogP contribution < -0.4 is 9.64 Å². The van der Waals surface area contributed by atoms with E-state index in [9.17, 15) is 4.79 Å². The Hall–Kier alpha value is -3.06. The molecule has 0 aliphatic carbocycles. The van der Waals surface area contributed by atoms with Crippen LogP contribution in [0.3, 0.4) is 0 Å². The van der Waals surface area contributed by atoms with Gasteiger partial charge in [-0.25, -0.2) is 4.79 Å². The summed E-state index contributed by atoms with van der Waals surface area (Å²) in [4.78, 5) is 19.1. The summed E-state index contributed by atoms with van der Waals surface area (Å²) in [6, 6.07) is 15.5. The Morgan fingerprint density at radius 1 is 1.06 bits per heavy atom. The molecule has 1 aromatic heterocycles. The molecule has 0 aliphatic heterocycles. The Labute approximate surface area is 189 Å². The lowest BCUT2D eigenvalue weighted by Crippen LogP contribution is -2.43. The van der Waals surface area contributed by atoms with E-state index in [-0.39, 0.29) is 6.61 Å². The molecule has 0 amide bonds. The third-order valence-corrected chi connectivity index (χ3v) is 4.89. The quantitative estimate of drug-likeness (QED) is 0.437. The van der Waals surface area contributed by atoms with Gasteiger partial charge < -0.3 is 23.5 Å². The Morgan fingerprint density at radius 2 is 1.75 bits per heavy atom. The number of ether oxygens (including phenoxy) is 3. The Kier molecular flexibility index (Phi) is 7.09. The molecule has 0 spiro atoms. The maximum Gasteiger partial charge on any atom is 0.342 e. The average molecular weight is 441 g/mol. The molecular formula is C25H32N2O5. The lowest BCUT2D eigenvalue weighted by atomic mass is 9.94. The van der Waals surface area contributed by atoms with Crippen molar-refractivity contribution in [1.82, 2.24) is 4.98 Å². The van der Waals surface area contributed by atoms with Gasteiger partial charge in [-0.2, -0.15) is 4.98 Å². The normalized spacial score (nSPS) is 13.6. The van der Waals surface area contributed by atoms with Crippen LogP contribution in [0.2, 0.25) is 0 Å². The van der Waals surface area contributed by atoms with Crippen molar-refractivity contribution in [3.63, 3.8) is 0 Å². The molecule has 3 rings (SSSR count). The molecule has 0 saturated carbocycles. The number of hydrogen-bond donors (Lipinski definition) is 0. The molecular weight excluding hydrogens is 408 g/mol. The largest absolute Gasteiger partial charge is 0.492 e. The van der Waals surface area contributed by atoms with E-state index in [0.29, 0.717) is 30.5 Å². The van der Waals surface area contributed by atoms with Gasteiger partial charge in [0.1, 0.15) is 17.9 Å². The molecule has 32 heavy (non-hydrogen) atoms. The SMILES string of the molecule is CCOC(=O)C(C)(OC(C)(C)C)c1ccc(OCCN(C)c2nc3ccccc3o2)cc1. The molecule has 3 aromatic rings. The first kappa shape index (κ1) is 23.6. The molecule has 1 atom stereocenters. The number of esters is 1. The first-order chi connectivity index (χ1) is 15.1. The lowest BCUT2D eigenvalue weighted by molar-refractivity contribution is -0.189. The van der Waals surface area contributed by atoms with Crippen LogP contribution in [0.25, 0.3) is 11.1 Å². The predicted octanol–water partition coefficient (Wildman–Crippen LogP) is 4.94. The molecule has 2 aromatic carbocycles. The highest BCUT2D eigenvalue weighted by Crippen LogP contribution is 2.33. The summed E-state index contributed by atoms with van der Waals surface area (Å²) >= 11 is 0. The van der Waals surface area contributed by atoms with E-state index in [4.69, 9.17) is 18.6 Å². The number of nitrogens with zero attached hydrogens (tertiary/aromatic N) is 2. The van der Waals surface area contributed by atoms with Crippen molar-refractivity contribution in [1.29, 1.82) is 0 Å². The minimum Gasteiger partial charge on any atom is -0.492 e. The number of fused-ring (bicyclic) bond motifs is 1. The number of carbonyl (C=O) groups is 1. The van der Waals surface area contributed by atoms with E-state index in [1.54, 1.807) is 13.8 Å². The number of likely N-dealkylation sites (N-methyl/N-ethyl adjacent to an activating group) is 1. The van der Waals surface area contributed by atoms with Crippen LogP contribution in [0.1, 0.15) is 40.2 Å². The first-order valence-electron chi connectivity index (χ1n) is 10.8. The summed E-state index contributed by atoms with van der Waals surface area (Å²) in [5.74, 6) is 0.283. The molecule has 1 heterocycles. The van der Waals surface area contributed by atoms with Crippen LogP contribution in [-0.2, 0) is 19.9 Å². The van der Waals surface area contributed by atoms with Crippen LogP contribution in [0, 0.1) is 0 Å². The van der Waals surface area contributed by atoms with Gasteiger partial charge >= 0.3 is 5.97 Å². The number of benzene rings is 2. The molecule has 0 aliphatic rings. The minimum atomic E-state index is -1.21. The number of hydrogen-bond acceptors (Lipinski definition) is 7. The summed E-state index contributed by atoms with van der Waals surface area (Å²) in [7, 11) is 1.91. The number of anilines is 1. The Bertz CT molecular complexity index is 1010. The summed E-state index contributed by atoms with van der Waals surface area (Å²) in [6.07, 6.45) is 0. The zero-order valence-electron chi connectivity index (χ0n) is 19.7. The van der Waals surface area contributed by atoms with Crippen molar-refractivity contribution in [3.8, 4) is 5.75 Å². The van der Waals surface area contributed by atoms with Crippen LogP contribution in [0.4, 0.5) is 6.01 Å². The number of rotatable bonds is 9. The van der Waals surface area contributed by atoms with Crippen molar-refractivity contribution in [2.45, 2.75) is 45.8 Å². The monoisotopic (exact) mass is 440 g/mol. The third-order valence-electron chi connectivity index (χ3n) is 4.89. The van der Waals surface area contributed by atoms with E-state index in [1.807, 2.05) is 81.2 Å². The maximum absolute atomic E-state index is 12.7. The van der Waals surface area contributed by atoms with Crippen LogP contribution in [0.5, 0.6) is 5.75 Å². The third kappa shape index (κ3) is 5.59. The zero-order valence-corrected chi connectivity index (χ0v) is 19.7. The molecule has 7 heteroatoms. The fourth-order valence-corrected chi connectivity index (χ4v) is 3.39. The molecule has 7 nitrogen and oxygen atoms in total. The molecule has 0 bridgehead atoms. The molecule has 0 saturated heterocycles. The fraction of sp³-hybridized carbons (Fsp3) is 0.440. The molecule has 172 valence electrons. The topological polar surface area (TPSA) is 74.0 Å². The molecule has 1 unspecified atom stereocenters. The minimum absolute atomic E-state index is 0.288. The second kappa shape index (κ2) is 9.61. The standard InChI is InChI=1S/C25H32N2O5/c1-7-29-22(28)25(5,32-24(2,3)4)18-12-14-19(15-13-18)30-17-16-27(6)23-26-20-10-8-9-11-21(20)31-23/h8-15H,7,16-17H2,1-6H3. The summed E-state index contributed by atoms with van der Waals surface area (Å²) in [5.41, 5.74) is 0.564. The zero-order chi connectivity index (χ0) is 23.4. The summed E-state index contributed by atoms with van der Waals surface area (Å²) in [6.45, 7) is 10.6. The summed E-state index contributed by atoms with van der Waals surface area (Å²) < 4.78 is 23.0. The van der Waals surface area contributed by atoms with Crippen molar-refractivity contribution in [3.05, 3.63) is 54.1 Å². The van der Waals surface area contributed by atoms with Gasteiger partial charge in [0.2, 0.25) is 0 Å². The smallest absolute Gasteiger partial charge is 0.342 e. The van der Waals surface area contributed by atoms with E-state index in [0.717, 1.165) is 11.1 Å². The van der Waals surface area contributed by atoms with Gasteiger partial charge in [-0.3, -0.25) is 0 Å². The lowest BCUT2D eigenvalue weighted by Gasteiger charge is -2.35. The van der Waals surface area contributed by atoms with E-state index in [1.165, 1.54) is 0 Å². The highest BCUT2D eigenvalue weighted by atomic mass is 16.6. The van der Waals surface area contributed by atoms with Crippen LogP contribution in [0.15, 0.2) is 52.9 Å². The van der Waals surface area contributed by atoms with Gasteiger partial charge in [-0.1, -0.05) is 24.3 Å². The van der Waals surface area contributed by atoms with Gasteiger partial charge in [-0.15, -0.1) is 0 Å². The van der Waals surface area contributed by atoms with Crippen molar-refractivity contribution in [2.75, 3.05) is 31.7 Å². The predicted molar refractivity (Wildman–Crippen MR) is 124 cm³/mol. The van der Waals surface area contributed by atoms with E-state index in [2.05, 4.69) is 4.98 Å². The Balaban J connectivity index is 1.63. The highest BCUT2D eigenvalue weighted by molar-refractivity contribution is 5.81. The van der Waals surface area contributed by atoms with Crippen LogP contribution >= 0.6 is 0 Å². The fourth-order valence-electron chi connectivity index (χ4n) is 3.39. The second-order valence-electron chi connectivity index (χ2n) is 8.73. The van der Waals surface area contributed by atoms with Gasteiger partial charge in [-0.05, 0) is 64.4 Å². The molecule has 0 radical (unpaired) electrons. The molecule has 0 fully saturated rings. The van der Waals surface area contributed by atoms with Gasteiger partial charge in [0.25, 0.3) is 6.01 Å². The van der Waals surface area contributed by atoms with Crippen molar-refractivity contribution < 1.29 is 23.4 Å². The van der Waals surface area contributed by atoms with Crippen molar-refractivity contribution in [2.24, 2.45) is 0 Å². The van der Waals surface area contributed by atoms with Crippen molar-refractivity contribution >= 4 is 23.1 Å². The second-order valence-corrected chi connectivity index (χ2v) is 8.73. The number of oxazole rings is 1. The highest BCUT2D eigenvalue weighted by Gasteiger charge is 2.41. The Morgan fingerprint density at radius 3 is 2.38 bits per heavy atom. The number of carbonyl (C=O) groups excluding carboxylic acids is 1. The van der Waals surface area contributed by atoms with Gasteiger partial charge in [0, 0.05) is 7.05 Å². The maximum atomic E-state index is 12.7. The number of para-hydroxylation sites is 2. The van der Waals surface area contributed by atoms with E-state index >= 15 is 0 Å². The number of aromatic nitrogens is 1. The van der Waals surface area contributed by atoms with Gasteiger partial charge in [0.15, 0.2) is 11.2 Å². The first-order valence-corrected chi connectivity index (χ1v) is 10.8. The average Bonchev–Trinajstić information content (AvgIpc) is 3.17. The van der Waals surface area contributed by atoms with Crippen LogP contribution in [-0.4, -0.2) is 43.4 Å².